The van der Waals surface area contributed by atoms with Crippen molar-refractivity contribution in [3.05, 3.63) is 59.7 Å². The van der Waals surface area contributed by atoms with E-state index in [1.165, 1.54) is 0 Å². The Morgan fingerprint density at radius 2 is 1.57 bits per heavy atom. The van der Waals surface area contributed by atoms with Crippen molar-refractivity contribution in [3.8, 4) is 11.1 Å². The van der Waals surface area contributed by atoms with Gasteiger partial charge in [-0.05, 0) is 22.3 Å². The van der Waals surface area contributed by atoms with Crippen LogP contribution in [-0.4, -0.2) is 42.5 Å². The number of carbonyl (C=O) groups is 3. The largest absolute Gasteiger partial charge is 0.527 e. The van der Waals surface area contributed by atoms with Gasteiger partial charge in [0.25, 0.3) is 0 Å². The first-order chi connectivity index (χ1) is 13.5. The zero-order chi connectivity index (χ0) is 20.1. The van der Waals surface area contributed by atoms with Gasteiger partial charge in [-0.3, -0.25) is 9.59 Å². The highest BCUT2D eigenvalue weighted by Crippen LogP contribution is 2.44. The summed E-state index contributed by atoms with van der Waals surface area (Å²) in [6, 6.07) is 14.3. The maximum atomic E-state index is 11.9. The first-order valence-corrected chi connectivity index (χ1v) is 8.61. The van der Waals surface area contributed by atoms with E-state index in [1.807, 2.05) is 54.0 Å². The average molecular weight is 385 g/mol. The lowest BCUT2D eigenvalue weighted by molar-refractivity contribution is -0.150. The molecule has 0 amide bonds. The number of carboxylic acids is 1. The Bertz CT molecular complexity index is 850. The molecule has 1 aliphatic rings. The number of benzene rings is 2. The van der Waals surface area contributed by atoms with Crippen LogP contribution in [0.5, 0.6) is 0 Å². The molecule has 2 aromatic rings. The molecule has 1 atom stereocenters. The molecule has 28 heavy (non-hydrogen) atoms. The third-order valence-corrected chi connectivity index (χ3v) is 4.37. The van der Waals surface area contributed by atoms with Gasteiger partial charge in [-0.2, -0.15) is 0 Å². The minimum atomic E-state index is -1.40. The molecule has 0 bridgehead atoms. The van der Waals surface area contributed by atoms with Crippen LogP contribution < -0.4 is 5.48 Å². The molecule has 0 fully saturated rings. The number of carbonyl (C=O) groups excluding carboxylic acids is 2. The zero-order valence-corrected chi connectivity index (χ0v) is 15.1. The summed E-state index contributed by atoms with van der Waals surface area (Å²) in [5.41, 5.74) is 6.30. The number of hydrogen-bond donors (Lipinski definition) is 2. The van der Waals surface area contributed by atoms with Crippen LogP contribution in [0.3, 0.4) is 0 Å². The van der Waals surface area contributed by atoms with Gasteiger partial charge in [-0.15, -0.1) is 5.48 Å². The second kappa shape index (κ2) is 8.53. The molecule has 0 unspecified atom stereocenters. The van der Waals surface area contributed by atoms with E-state index in [0.29, 0.717) is 0 Å². The van der Waals surface area contributed by atoms with Gasteiger partial charge in [-0.1, -0.05) is 48.5 Å². The normalized spacial score (nSPS) is 13.2. The Kier molecular flexibility index (Phi) is 5.90. The fourth-order valence-corrected chi connectivity index (χ4v) is 3.10. The Balaban J connectivity index is 1.59. The molecule has 0 saturated heterocycles. The molecule has 2 aromatic carbocycles. The predicted molar refractivity (Wildman–Crippen MR) is 97.3 cm³/mol. The monoisotopic (exact) mass is 385 g/mol. The van der Waals surface area contributed by atoms with Crippen molar-refractivity contribution in [2.75, 3.05) is 13.2 Å². The number of hydrogen-bond acceptors (Lipinski definition) is 7. The molecule has 3 rings (SSSR count). The molecular formula is C20H19NO7. The minimum Gasteiger partial charge on any atom is -0.480 e. The van der Waals surface area contributed by atoms with Crippen molar-refractivity contribution >= 4 is 18.1 Å². The van der Waals surface area contributed by atoms with E-state index in [-0.39, 0.29) is 12.5 Å². The highest BCUT2D eigenvalue weighted by molar-refractivity contribution is 5.79. The standard InChI is InChI=1S/C20H19NO7/c1-12(22)26-11-18(19(23)24)21-28-20(25)27-10-17-15-8-4-2-6-13(15)14-7-3-5-9-16(14)17/h2-9,17-18,21H,10-11H2,1H3,(H,23,24)/t18-/m1/s1. The fourth-order valence-electron chi connectivity index (χ4n) is 3.10. The minimum absolute atomic E-state index is 0.0379. The number of esters is 1. The van der Waals surface area contributed by atoms with Gasteiger partial charge < -0.3 is 19.4 Å². The van der Waals surface area contributed by atoms with Crippen LogP contribution >= 0.6 is 0 Å². The number of nitrogens with one attached hydrogen (secondary N) is 1. The molecule has 0 aliphatic heterocycles. The molecule has 8 nitrogen and oxygen atoms in total. The molecule has 0 aromatic heterocycles. The first-order valence-electron chi connectivity index (χ1n) is 8.61. The molecule has 0 radical (unpaired) electrons. The van der Waals surface area contributed by atoms with Crippen LogP contribution in [0.25, 0.3) is 11.1 Å². The Morgan fingerprint density at radius 1 is 1.00 bits per heavy atom. The van der Waals surface area contributed by atoms with Gasteiger partial charge in [0.05, 0.1) is 0 Å². The summed E-state index contributed by atoms with van der Waals surface area (Å²) in [7, 11) is 0. The Morgan fingerprint density at radius 3 is 2.11 bits per heavy atom. The molecule has 8 heteroatoms. The Labute approximate surface area is 161 Å². The molecular weight excluding hydrogens is 366 g/mol. The second-order valence-corrected chi connectivity index (χ2v) is 6.20. The highest BCUT2D eigenvalue weighted by Gasteiger charge is 2.29. The van der Waals surface area contributed by atoms with E-state index in [0.717, 1.165) is 29.2 Å². The van der Waals surface area contributed by atoms with Crippen molar-refractivity contribution in [1.82, 2.24) is 5.48 Å². The highest BCUT2D eigenvalue weighted by atomic mass is 16.8. The van der Waals surface area contributed by atoms with Crippen molar-refractivity contribution in [2.24, 2.45) is 0 Å². The third kappa shape index (κ3) is 4.29. The molecule has 0 heterocycles. The van der Waals surface area contributed by atoms with Crippen LogP contribution in [0.15, 0.2) is 48.5 Å². The van der Waals surface area contributed by atoms with Crippen molar-refractivity contribution in [3.63, 3.8) is 0 Å². The lowest BCUT2D eigenvalue weighted by Crippen LogP contribution is -2.42. The summed E-state index contributed by atoms with van der Waals surface area (Å²) in [6.07, 6.45) is -1.07. The lowest BCUT2D eigenvalue weighted by atomic mass is 9.98. The van der Waals surface area contributed by atoms with Crippen LogP contribution in [0.1, 0.15) is 24.0 Å². The maximum Gasteiger partial charge on any atom is 0.527 e. The quantitative estimate of drug-likeness (QED) is 0.552. The molecule has 1 aliphatic carbocycles. The second-order valence-electron chi connectivity index (χ2n) is 6.20. The maximum absolute atomic E-state index is 11.9. The van der Waals surface area contributed by atoms with Crippen LogP contribution in [0.2, 0.25) is 0 Å². The topological polar surface area (TPSA) is 111 Å². The first kappa shape index (κ1) is 19.4. The van der Waals surface area contributed by atoms with Gasteiger partial charge in [-0.25, -0.2) is 4.79 Å². The summed E-state index contributed by atoms with van der Waals surface area (Å²) in [6.45, 7) is 0.697. The number of fused-ring (bicyclic) bond motifs is 3. The molecule has 2 N–H and O–H groups in total. The molecule has 146 valence electrons. The third-order valence-electron chi connectivity index (χ3n) is 4.37. The van der Waals surface area contributed by atoms with E-state index in [2.05, 4.69) is 9.57 Å². The van der Waals surface area contributed by atoms with Crippen LogP contribution in [-0.2, 0) is 23.9 Å². The van der Waals surface area contributed by atoms with E-state index < -0.39 is 30.7 Å². The number of hydroxylamine groups is 1. The molecule has 0 saturated carbocycles. The van der Waals surface area contributed by atoms with Gasteiger partial charge >= 0.3 is 18.1 Å². The summed E-state index contributed by atoms with van der Waals surface area (Å²) in [4.78, 5) is 38.4. The van der Waals surface area contributed by atoms with Crippen molar-refractivity contribution in [2.45, 2.75) is 18.9 Å². The number of aliphatic carboxylic acids is 1. The van der Waals surface area contributed by atoms with Crippen molar-refractivity contribution in [1.29, 1.82) is 0 Å². The van der Waals surface area contributed by atoms with Crippen LogP contribution in [0.4, 0.5) is 4.79 Å². The summed E-state index contributed by atoms with van der Waals surface area (Å²) in [5.74, 6) is -2.13. The number of rotatable bonds is 7. The number of carboxylic acid groups (broad SMARTS) is 1. The van der Waals surface area contributed by atoms with Gasteiger partial charge in [0.15, 0.2) is 6.04 Å². The average Bonchev–Trinajstić information content (AvgIpc) is 3.00. The van der Waals surface area contributed by atoms with Gasteiger partial charge in [0.2, 0.25) is 0 Å². The molecule has 0 spiro atoms. The van der Waals surface area contributed by atoms with Crippen molar-refractivity contribution < 1.29 is 33.8 Å². The SMILES string of the molecule is CC(=O)OC[C@@H](NOC(=O)OCC1c2ccccc2-c2ccccc21)C(=O)O. The van der Waals surface area contributed by atoms with Gasteiger partial charge in [0.1, 0.15) is 13.2 Å². The van der Waals surface area contributed by atoms with E-state index in [1.54, 1.807) is 0 Å². The predicted octanol–water partition coefficient (Wildman–Crippen LogP) is 2.47. The van der Waals surface area contributed by atoms with Gasteiger partial charge in [0, 0.05) is 12.8 Å². The fraction of sp³-hybridized carbons (Fsp3) is 0.250. The zero-order valence-electron chi connectivity index (χ0n) is 15.1. The number of ether oxygens (including phenoxy) is 2. The summed E-state index contributed by atoms with van der Waals surface area (Å²) >= 11 is 0. The lowest BCUT2D eigenvalue weighted by Gasteiger charge is -2.16. The summed E-state index contributed by atoms with van der Waals surface area (Å²) < 4.78 is 9.77. The van der Waals surface area contributed by atoms with E-state index >= 15 is 0 Å². The summed E-state index contributed by atoms with van der Waals surface area (Å²) in [5, 5.41) is 9.03. The van der Waals surface area contributed by atoms with E-state index in [4.69, 9.17) is 9.84 Å². The Hall–Kier alpha value is -3.39. The van der Waals surface area contributed by atoms with Crippen LogP contribution in [0, 0.1) is 0 Å². The smallest absolute Gasteiger partial charge is 0.480 e. The van der Waals surface area contributed by atoms with E-state index in [9.17, 15) is 14.4 Å².